The number of carboxylic acid groups (broad SMARTS) is 1. The van der Waals surface area contributed by atoms with Crippen molar-refractivity contribution < 1.29 is 18.3 Å². The van der Waals surface area contributed by atoms with Gasteiger partial charge in [0, 0.05) is 0 Å². The Morgan fingerprint density at radius 3 is 2.20 bits per heavy atom. The van der Waals surface area contributed by atoms with Gasteiger partial charge in [-0.2, -0.15) is 0 Å². The van der Waals surface area contributed by atoms with Crippen molar-refractivity contribution in [3.8, 4) is 0 Å². The Hall–Kier alpha value is -0.580. The molecule has 0 amide bonds. The van der Waals surface area contributed by atoms with Crippen molar-refractivity contribution in [2.24, 2.45) is 5.92 Å². The molecule has 0 bridgehead atoms. The largest absolute Gasteiger partial charge is 0.481 e. The van der Waals surface area contributed by atoms with Crippen LogP contribution in [0.1, 0.15) is 13.3 Å². The van der Waals surface area contributed by atoms with Crippen LogP contribution in [0.5, 0.6) is 0 Å². The second-order valence-electron chi connectivity index (χ2n) is 1.96. The van der Waals surface area contributed by atoms with Gasteiger partial charge in [0.2, 0.25) is 0 Å². The Morgan fingerprint density at radius 1 is 1.60 bits per heavy atom. The molecule has 0 aromatic heterocycles. The van der Waals surface area contributed by atoms with Crippen molar-refractivity contribution in [1.82, 2.24) is 0 Å². The molecule has 0 aliphatic carbocycles. The number of carbonyl (C=O) groups is 1. The highest BCUT2D eigenvalue weighted by Crippen LogP contribution is 2.01. The van der Waals surface area contributed by atoms with Gasteiger partial charge in [0.05, 0.1) is 11.7 Å². The average Bonchev–Trinajstić information content (AvgIpc) is 1.81. The lowest BCUT2D eigenvalue weighted by molar-refractivity contribution is -0.141. The lowest BCUT2D eigenvalue weighted by Crippen LogP contribution is -2.17. The van der Waals surface area contributed by atoms with E-state index in [9.17, 15) is 13.2 Å². The van der Waals surface area contributed by atoms with Crippen molar-refractivity contribution in [2.75, 3.05) is 5.75 Å². The molecular formula is C5H10O4S. The lowest BCUT2D eigenvalue weighted by atomic mass is 10.1. The molecular weight excluding hydrogens is 156 g/mol. The monoisotopic (exact) mass is 166 g/mol. The predicted octanol–water partition coefficient (Wildman–Crippen LogP) is -0.291. The van der Waals surface area contributed by atoms with Crippen LogP contribution in [0.25, 0.3) is 0 Å². The summed E-state index contributed by atoms with van der Waals surface area (Å²) in [6.07, 6.45) is 0.360. The molecule has 0 aromatic carbocycles. The van der Waals surface area contributed by atoms with Crippen LogP contribution in [0, 0.1) is 5.92 Å². The Balaban J connectivity index is 3.96. The molecule has 0 heterocycles. The second kappa shape index (κ2) is 4.27. The predicted molar refractivity (Wildman–Crippen MR) is 36.6 cm³/mol. The normalized spacial score (nSPS) is 13.4. The third-order valence-corrected chi connectivity index (χ3v) is 1.95. The third kappa shape index (κ3) is 3.45. The molecule has 0 aromatic rings. The van der Waals surface area contributed by atoms with Gasteiger partial charge >= 0.3 is 5.97 Å². The van der Waals surface area contributed by atoms with E-state index in [1.165, 1.54) is 0 Å². The van der Waals surface area contributed by atoms with Crippen LogP contribution < -0.4 is 0 Å². The van der Waals surface area contributed by atoms with Crippen LogP contribution in [0.2, 0.25) is 0 Å². The third-order valence-electron chi connectivity index (χ3n) is 1.21. The first-order chi connectivity index (χ1) is 4.57. The average molecular weight is 166 g/mol. The molecule has 0 aliphatic rings. The lowest BCUT2D eigenvalue weighted by Gasteiger charge is -2.02. The van der Waals surface area contributed by atoms with E-state index in [1.54, 1.807) is 6.92 Å². The highest BCUT2D eigenvalue weighted by Gasteiger charge is 2.15. The summed E-state index contributed by atoms with van der Waals surface area (Å²) in [5.74, 6) is -2.02. The van der Waals surface area contributed by atoms with Crippen molar-refractivity contribution in [2.45, 2.75) is 13.3 Å². The van der Waals surface area contributed by atoms with E-state index in [2.05, 4.69) is 0 Å². The molecule has 5 heteroatoms. The highest BCUT2D eigenvalue weighted by molar-refractivity contribution is 7.72. The highest BCUT2D eigenvalue weighted by atomic mass is 32.2. The fourth-order valence-corrected chi connectivity index (χ4v) is 1.34. The van der Waals surface area contributed by atoms with Gasteiger partial charge in [-0.1, -0.05) is 6.92 Å². The van der Waals surface area contributed by atoms with Crippen LogP contribution in [0.3, 0.4) is 0 Å². The number of hydrogen-bond acceptors (Lipinski definition) is 3. The van der Waals surface area contributed by atoms with E-state index >= 15 is 0 Å². The molecule has 0 aliphatic heterocycles. The minimum atomic E-state index is -2.56. The quantitative estimate of drug-likeness (QED) is 0.563. The Labute approximate surface area is 60.8 Å². The molecule has 0 rings (SSSR count). The van der Waals surface area contributed by atoms with E-state index in [0.29, 0.717) is 6.42 Å². The first-order valence-electron chi connectivity index (χ1n) is 2.92. The Kier molecular flexibility index (Phi) is 4.02. The summed E-state index contributed by atoms with van der Waals surface area (Å²) in [6.45, 7) is 1.65. The van der Waals surface area contributed by atoms with Crippen LogP contribution in [-0.4, -0.2) is 25.2 Å². The zero-order valence-electron chi connectivity index (χ0n) is 5.61. The molecule has 0 fully saturated rings. The Morgan fingerprint density at radius 2 is 2.10 bits per heavy atom. The fraction of sp³-hybridized carbons (Fsp3) is 0.800. The summed E-state index contributed by atoms with van der Waals surface area (Å²) in [7, 11) is -2.56. The van der Waals surface area contributed by atoms with Gasteiger partial charge in [-0.25, -0.2) is 8.42 Å². The second-order valence-corrected chi connectivity index (χ2v) is 2.99. The molecule has 4 nitrogen and oxygen atoms in total. The summed E-state index contributed by atoms with van der Waals surface area (Å²) >= 11 is 0. The SMILES string of the molecule is CCC(C[SH](=O)=O)C(=O)O. The van der Waals surface area contributed by atoms with E-state index < -0.39 is 22.6 Å². The molecule has 1 unspecified atom stereocenters. The minimum Gasteiger partial charge on any atom is -0.481 e. The molecule has 60 valence electrons. The number of rotatable bonds is 4. The molecule has 10 heavy (non-hydrogen) atoms. The van der Waals surface area contributed by atoms with E-state index in [0.717, 1.165) is 0 Å². The first kappa shape index (κ1) is 9.42. The summed E-state index contributed by atoms with van der Waals surface area (Å²) in [5.41, 5.74) is 0. The van der Waals surface area contributed by atoms with Gasteiger partial charge in [0.15, 0.2) is 0 Å². The minimum absolute atomic E-state index is 0.249. The standard InChI is InChI=1S/C5H10O4S/c1-2-4(5(6)7)3-10(8)9/h4,10H,2-3H2,1H3,(H,6,7). The number of aliphatic carboxylic acids is 1. The maximum absolute atomic E-state index is 10.2. The molecule has 1 atom stereocenters. The summed E-state index contributed by atoms with van der Waals surface area (Å²) in [4.78, 5) is 10.2. The molecule has 0 spiro atoms. The van der Waals surface area contributed by atoms with E-state index in [4.69, 9.17) is 5.11 Å². The summed E-state index contributed by atoms with van der Waals surface area (Å²) < 4.78 is 20.1. The van der Waals surface area contributed by atoms with Crippen LogP contribution in [0.15, 0.2) is 0 Å². The molecule has 1 N–H and O–H groups in total. The maximum Gasteiger partial charge on any atom is 0.307 e. The van der Waals surface area contributed by atoms with Gasteiger partial charge in [-0.05, 0) is 6.42 Å². The van der Waals surface area contributed by atoms with Crippen molar-refractivity contribution >= 4 is 16.7 Å². The van der Waals surface area contributed by atoms with Crippen LogP contribution in [-0.2, 0) is 15.5 Å². The summed E-state index contributed by atoms with van der Waals surface area (Å²) in [6, 6.07) is 0. The topological polar surface area (TPSA) is 71.4 Å². The van der Waals surface area contributed by atoms with Crippen molar-refractivity contribution in [3.05, 3.63) is 0 Å². The van der Waals surface area contributed by atoms with Crippen LogP contribution >= 0.6 is 0 Å². The van der Waals surface area contributed by atoms with Gasteiger partial charge in [-0.15, -0.1) is 0 Å². The van der Waals surface area contributed by atoms with E-state index in [-0.39, 0.29) is 5.75 Å². The molecule has 0 radical (unpaired) electrons. The summed E-state index contributed by atoms with van der Waals surface area (Å²) in [5, 5.41) is 8.35. The van der Waals surface area contributed by atoms with Gasteiger partial charge in [0.1, 0.15) is 10.7 Å². The van der Waals surface area contributed by atoms with Gasteiger partial charge in [0.25, 0.3) is 0 Å². The van der Waals surface area contributed by atoms with Crippen LogP contribution in [0.4, 0.5) is 0 Å². The molecule has 0 saturated heterocycles. The number of carboxylic acids is 1. The van der Waals surface area contributed by atoms with Gasteiger partial charge in [-0.3, -0.25) is 4.79 Å². The number of thiol groups is 1. The van der Waals surface area contributed by atoms with E-state index in [1.807, 2.05) is 0 Å². The first-order valence-corrected chi connectivity index (χ1v) is 4.28. The fourth-order valence-electron chi connectivity index (χ4n) is 0.562. The smallest absolute Gasteiger partial charge is 0.307 e. The Bertz CT molecular complexity index is 176. The van der Waals surface area contributed by atoms with Crippen molar-refractivity contribution in [3.63, 3.8) is 0 Å². The van der Waals surface area contributed by atoms with Crippen molar-refractivity contribution in [1.29, 1.82) is 0 Å². The molecule has 0 saturated carbocycles. The zero-order valence-corrected chi connectivity index (χ0v) is 6.51. The zero-order chi connectivity index (χ0) is 8.15. The maximum atomic E-state index is 10.2. The number of hydrogen-bond donors (Lipinski definition) is 2. The van der Waals surface area contributed by atoms with Gasteiger partial charge < -0.3 is 5.11 Å².